The van der Waals surface area contributed by atoms with Crippen molar-refractivity contribution >= 4 is 23.4 Å². The first-order valence-electron chi connectivity index (χ1n) is 5.95. The van der Waals surface area contributed by atoms with Gasteiger partial charge in [0.25, 0.3) is 11.8 Å². The number of carbonyl (C=O) groups is 3. The largest absolute Gasteiger partial charge is 0.324 e. The third-order valence-corrected chi connectivity index (χ3v) is 3.25. The third-order valence-electron chi connectivity index (χ3n) is 3.25. The van der Waals surface area contributed by atoms with Gasteiger partial charge in [-0.15, -0.1) is 0 Å². The highest BCUT2D eigenvalue weighted by molar-refractivity contribution is 6.22. The molecule has 1 aromatic carbocycles. The zero-order chi connectivity index (χ0) is 14.2. The number of hydrogen-bond acceptors (Lipinski definition) is 4. The topological polar surface area (TPSA) is 101 Å². The van der Waals surface area contributed by atoms with E-state index in [0.717, 1.165) is 0 Å². The highest BCUT2D eigenvalue weighted by atomic mass is 16.2. The first-order valence-corrected chi connectivity index (χ1v) is 5.95. The van der Waals surface area contributed by atoms with E-state index in [-0.39, 0.29) is 11.5 Å². The van der Waals surface area contributed by atoms with E-state index in [4.69, 9.17) is 5.73 Å². The number of hydrogen-bond donors (Lipinski definition) is 3. The smallest absolute Gasteiger partial charge is 0.259 e. The summed E-state index contributed by atoms with van der Waals surface area (Å²) in [6.45, 7) is 3.44. The van der Waals surface area contributed by atoms with E-state index in [1.54, 1.807) is 13.0 Å². The number of carbonyl (C=O) groups excluding carboxylic acids is 3. The fourth-order valence-electron chi connectivity index (χ4n) is 1.68. The number of benzene rings is 1. The Morgan fingerprint density at radius 2 is 1.95 bits per heavy atom. The molecule has 0 saturated heterocycles. The van der Waals surface area contributed by atoms with Crippen LogP contribution in [0, 0.1) is 0 Å². The zero-order valence-electron chi connectivity index (χ0n) is 10.7. The van der Waals surface area contributed by atoms with Gasteiger partial charge in [0.05, 0.1) is 16.7 Å². The molecule has 1 aromatic rings. The summed E-state index contributed by atoms with van der Waals surface area (Å²) >= 11 is 0. The molecule has 0 aromatic heterocycles. The van der Waals surface area contributed by atoms with Crippen LogP contribution in [0.2, 0.25) is 0 Å². The van der Waals surface area contributed by atoms with Crippen LogP contribution in [0.5, 0.6) is 0 Å². The normalized spacial score (nSPS) is 16.6. The van der Waals surface area contributed by atoms with Crippen molar-refractivity contribution in [3.05, 3.63) is 29.3 Å². The molecule has 1 aliphatic rings. The van der Waals surface area contributed by atoms with Gasteiger partial charge < -0.3 is 11.1 Å². The Labute approximate surface area is 110 Å². The monoisotopic (exact) mass is 261 g/mol. The second-order valence-electron chi connectivity index (χ2n) is 4.77. The minimum absolute atomic E-state index is 0.262. The maximum atomic E-state index is 11.9. The lowest BCUT2D eigenvalue weighted by Gasteiger charge is -2.21. The number of nitrogens with one attached hydrogen (secondary N) is 2. The van der Waals surface area contributed by atoms with Crippen molar-refractivity contribution in [2.75, 3.05) is 5.32 Å². The van der Waals surface area contributed by atoms with Crippen molar-refractivity contribution in [3.8, 4) is 0 Å². The quantitative estimate of drug-likeness (QED) is 0.695. The number of fused-ring (bicyclic) bond motifs is 1. The number of nitrogens with two attached hydrogens (primary N) is 1. The molecule has 1 atom stereocenters. The highest BCUT2D eigenvalue weighted by Gasteiger charge is 2.29. The minimum Gasteiger partial charge on any atom is -0.324 e. The average Bonchev–Trinajstić information content (AvgIpc) is 2.64. The Hall–Kier alpha value is -2.21. The van der Waals surface area contributed by atoms with Crippen molar-refractivity contribution in [2.45, 2.75) is 25.8 Å². The predicted molar refractivity (Wildman–Crippen MR) is 69.8 cm³/mol. The molecule has 6 nitrogen and oxygen atoms in total. The van der Waals surface area contributed by atoms with Gasteiger partial charge in [0, 0.05) is 5.69 Å². The minimum atomic E-state index is -0.975. The van der Waals surface area contributed by atoms with Gasteiger partial charge in [0.2, 0.25) is 5.91 Å². The first kappa shape index (κ1) is 13.2. The molecule has 1 heterocycles. The fourth-order valence-corrected chi connectivity index (χ4v) is 1.68. The van der Waals surface area contributed by atoms with E-state index < -0.39 is 17.4 Å². The fraction of sp³-hybridized carbons (Fsp3) is 0.308. The summed E-state index contributed by atoms with van der Waals surface area (Å²) < 4.78 is 0. The van der Waals surface area contributed by atoms with Crippen LogP contribution < -0.4 is 16.4 Å². The van der Waals surface area contributed by atoms with Crippen molar-refractivity contribution in [2.24, 2.45) is 5.73 Å². The zero-order valence-corrected chi connectivity index (χ0v) is 10.7. The maximum absolute atomic E-state index is 11.9. The molecular formula is C13H15N3O3. The van der Waals surface area contributed by atoms with Crippen LogP contribution in [0.25, 0.3) is 0 Å². The SMILES string of the molecule is CCC(C)(N)C(=O)Nc1ccc2c(c1)C(=O)NC2=O. The molecule has 0 radical (unpaired) electrons. The van der Waals surface area contributed by atoms with Gasteiger partial charge in [-0.1, -0.05) is 6.92 Å². The molecule has 2 rings (SSSR count). The second kappa shape index (κ2) is 4.47. The Morgan fingerprint density at radius 3 is 2.58 bits per heavy atom. The predicted octanol–water partition coefficient (Wildman–Crippen LogP) is 0.636. The van der Waals surface area contributed by atoms with Crippen molar-refractivity contribution in [3.63, 3.8) is 0 Å². The van der Waals surface area contributed by atoms with E-state index in [9.17, 15) is 14.4 Å². The average molecular weight is 261 g/mol. The van der Waals surface area contributed by atoms with Crippen molar-refractivity contribution in [1.82, 2.24) is 5.32 Å². The number of amides is 3. The van der Waals surface area contributed by atoms with Crippen LogP contribution >= 0.6 is 0 Å². The van der Waals surface area contributed by atoms with E-state index in [2.05, 4.69) is 10.6 Å². The van der Waals surface area contributed by atoms with Gasteiger partial charge in [-0.25, -0.2) is 0 Å². The van der Waals surface area contributed by atoms with E-state index in [0.29, 0.717) is 17.7 Å². The molecule has 3 amide bonds. The Kier molecular flexibility index (Phi) is 3.11. The number of imide groups is 1. The number of rotatable bonds is 3. The van der Waals surface area contributed by atoms with Gasteiger partial charge in [-0.2, -0.15) is 0 Å². The summed E-state index contributed by atoms with van der Waals surface area (Å²) in [5.41, 5.74) is 5.87. The first-order chi connectivity index (χ1) is 8.85. The van der Waals surface area contributed by atoms with E-state index >= 15 is 0 Å². The van der Waals surface area contributed by atoms with Crippen LogP contribution in [0.3, 0.4) is 0 Å². The summed E-state index contributed by atoms with van der Waals surface area (Å²) in [6.07, 6.45) is 0.489. The highest BCUT2D eigenvalue weighted by Crippen LogP contribution is 2.21. The lowest BCUT2D eigenvalue weighted by Crippen LogP contribution is -2.47. The molecule has 0 fully saturated rings. The second-order valence-corrected chi connectivity index (χ2v) is 4.77. The van der Waals surface area contributed by atoms with Gasteiger partial charge in [-0.05, 0) is 31.5 Å². The van der Waals surface area contributed by atoms with Crippen molar-refractivity contribution in [1.29, 1.82) is 0 Å². The molecule has 0 spiro atoms. The molecule has 0 saturated carbocycles. The molecule has 0 bridgehead atoms. The molecule has 1 aliphatic heterocycles. The van der Waals surface area contributed by atoms with Gasteiger partial charge in [0.1, 0.15) is 0 Å². The molecule has 6 heteroatoms. The van der Waals surface area contributed by atoms with Gasteiger partial charge in [-0.3, -0.25) is 19.7 Å². The van der Waals surface area contributed by atoms with Crippen LogP contribution in [0.15, 0.2) is 18.2 Å². The maximum Gasteiger partial charge on any atom is 0.259 e. The molecule has 1 unspecified atom stereocenters. The summed E-state index contributed by atoms with van der Waals surface area (Å²) in [4.78, 5) is 34.8. The van der Waals surface area contributed by atoms with Crippen LogP contribution in [0.1, 0.15) is 41.0 Å². The third kappa shape index (κ3) is 2.34. The molecule has 0 aliphatic carbocycles. The molecule has 100 valence electrons. The van der Waals surface area contributed by atoms with Gasteiger partial charge >= 0.3 is 0 Å². The molecular weight excluding hydrogens is 246 g/mol. The summed E-state index contributed by atoms with van der Waals surface area (Å²) in [6, 6.07) is 4.55. The summed E-state index contributed by atoms with van der Waals surface area (Å²) in [5.74, 6) is -1.21. The standard InChI is InChI=1S/C13H15N3O3/c1-3-13(2,14)12(19)15-7-4-5-8-9(6-7)11(18)16-10(8)17/h4-6H,3,14H2,1-2H3,(H,15,19)(H,16,17,18). The van der Waals surface area contributed by atoms with Crippen LogP contribution in [0.4, 0.5) is 5.69 Å². The molecule has 19 heavy (non-hydrogen) atoms. The van der Waals surface area contributed by atoms with Crippen molar-refractivity contribution < 1.29 is 14.4 Å². The van der Waals surface area contributed by atoms with Gasteiger partial charge in [0.15, 0.2) is 0 Å². The van der Waals surface area contributed by atoms with Crippen LogP contribution in [-0.4, -0.2) is 23.3 Å². The summed E-state index contributed by atoms with van der Waals surface area (Å²) in [5, 5.41) is 4.83. The van der Waals surface area contributed by atoms with Crippen LogP contribution in [-0.2, 0) is 4.79 Å². The lowest BCUT2D eigenvalue weighted by atomic mass is 9.99. The Bertz CT molecular complexity index is 578. The summed E-state index contributed by atoms with van der Waals surface area (Å²) in [7, 11) is 0. The van der Waals surface area contributed by atoms with E-state index in [1.165, 1.54) is 12.1 Å². The lowest BCUT2D eigenvalue weighted by molar-refractivity contribution is -0.120. The Morgan fingerprint density at radius 1 is 1.32 bits per heavy atom. The van der Waals surface area contributed by atoms with E-state index in [1.807, 2.05) is 6.92 Å². The Balaban J connectivity index is 2.25. The molecule has 4 N–H and O–H groups in total. The number of anilines is 1.